The molecule has 0 atom stereocenters. The van der Waals surface area contributed by atoms with Gasteiger partial charge in [-0.25, -0.2) is 0 Å². The van der Waals surface area contributed by atoms with E-state index in [1.54, 1.807) is 0 Å². The van der Waals surface area contributed by atoms with Crippen molar-refractivity contribution < 1.29 is 4.57 Å². The molecule has 1 nitrogen and oxygen atoms in total. The van der Waals surface area contributed by atoms with Gasteiger partial charge in [-0.2, -0.15) is 0 Å². The summed E-state index contributed by atoms with van der Waals surface area (Å²) in [6.07, 6.45) is 1.84. The Morgan fingerprint density at radius 3 is 1.56 bits per heavy atom. The molecule has 0 unspecified atom stereocenters. The van der Waals surface area contributed by atoms with Gasteiger partial charge in [0.2, 0.25) is 0 Å². The fourth-order valence-electron chi connectivity index (χ4n) is 2.15. The van der Waals surface area contributed by atoms with Crippen molar-refractivity contribution in [3.05, 3.63) is 59.7 Å². The van der Waals surface area contributed by atoms with Gasteiger partial charge in [0.25, 0.3) is 0 Å². The van der Waals surface area contributed by atoms with Crippen LogP contribution in [0.1, 0.15) is 25.0 Å². The molecule has 0 aliphatic carbocycles. The van der Waals surface area contributed by atoms with Gasteiger partial charge in [0.05, 0.1) is 0 Å². The molecule has 0 saturated carbocycles. The van der Waals surface area contributed by atoms with E-state index in [9.17, 15) is 4.57 Å². The zero-order valence-corrected chi connectivity index (χ0v) is 11.8. The van der Waals surface area contributed by atoms with E-state index in [1.807, 2.05) is 36.4 Å². The molecule has 0 aliphatic rings. The van der Waals surface area contributed by atoms with Gasteiger partial charge < -0.3 is 0 Å². The first kappa shape index (κ1) is 13.0. The van der Waals surface area contributed by atoms with Crippen molar-refractivity contribution in [1.82, 2.24) is 0 Å². The van der Waals surface area contributed by atoms with E-state index in [-0.39, 0.29) is 0 Å². The first-order chi connectivity index (χ1) is 8.77. The minimum absolute atomic E-state index is 0.922. The van der Waals surface area contributed by atoms with E-state index in [1.165, 1.54) is 11.1 Å². The second-order valence-electron chi connectivity index (χ2n) is 4.26. The molecular weight excluding hydrogens is 239 g/mol. The summed E-state index contributed by atoms with van der Waals surface area (Å²) in [5, 5.41) is 1.96. The third kappa shape index (κ3) is 2.52. The molecule has 2 heteroatoms. The van der Waals surface area contributed by atoms with Crippen molar-refractivity contribution in [1.29, 1.82) is 0 Å². The van der Waals surface area contributed by atoms with Crippen molar-refractivity contribution in [2.24, 2.45) is 0 Å². The Bertz CT molecular complexity index is 511. The molecular formula is C16H18OP+. The highest BCUT2D eigenvalue weighted by atomic mass is 31.1. The van der Waals surface area contributed by atoms with Gasteiger partial charge in [0, 0.05) is 11.1 Å². The fraction of sp³-hybridized carbons (Fsp3) is 0.250. The second-order valence-corrected chi connectivity index (χ2v) is 5.81. The van der Waals surface area contributed by atoms with Gasteiger partial charge in [0.1, 0.15) is 0 Å². The average Bonchev–Trinajstić information content (AvgIpc) is 2.46. The Hall–Kier alpha value is -1.46. The van der Waals surface area contributed by atoms with Gasteiger partial charge in [-0.3, -0.25) is 0 Å². The maximum absolute atomic E-state index is 12.8. The molecule has 2 aromatic carbocycles. The minimum atomic E-state index is -1.47. The molecule has 18 heavy (non-hydrogen) atoms. The molecule has 0 aliphatic heterocycles. The molecule has 0 amide bonds. The van der Waals surface area contributed by atoms with Crippen LogP contribution in [-0.2, 0) is 17.4 Å². The summed E-state index contributed by atoms with van der Waals surface area (Å²) in [6, 6.07) is 16.1. The normalized spacial score (nSPS) is 10.3. The Morgan fingerprint density at radius 2 is 1.17 bits per heavy atom. The van der Waals surface area contributed by atoms with Crippen LogP contribution in [0.4, 0.5) is 0 Å². The molecule has 2 rings (SSSR count). The number of benzene rings is 2. The van der Waals surface area contributed by atoms with E-state index in [0.717, 1.165) is 23.5 Å². The molecule has 0 spiro atoms. The Morgan fingerprint density at radius 1 is 0.778 bits per heavy atom. The SMILES string of the molecule is CCc1ccccc1[P+](=O)c1ccccc1CC. The summed E-state index contributed by atoms with van der Waals surface area (Å²) in [5.74, 6) is 0. The molecule has 0 N–H and O–H groups in total. The lowest BCUT2D eigenvalue weighted by Crippen LogP contribution is -2.14. The first-order valence-electron chi connectivity index (χ1n) is 6.41. The topological polar surface area (TPSA) is 17.1 Å². The van der Waals surface area contributed by atoms with E-state index in [4.69, 9.17) is 0 Å². The van der Waals surface area contributed by atoms with Crippen molar-refractivity contribution in [3.8, 4) is 0 Å². The Balaban J connectivity index is 2.48. The van der Waals surface area contributed by atoms with E-state index < -0.39 is 7.80 Å². The van der Waals surface area contributed by atoms with Crippen molar-refractivity contribution in [2.45, 2.75) is 26.7 Å². The van der Waals surface area contributed by atoms with Crippen LogP contribution >= 0.6 is 7.80 Å². The smallest absolute Gasteiger partial charge is 0.0617 e. The minimum Gasteiger partial charge on any atom is -0.0617 e. The maximum atomic E-state index is 12.8. The first-order valence-corrected chi connectivity index (χ1v) is 7.67. The van der Waals surface area contributed by atoms with Gasteiger partial charge in [-0.15, -0.1) is 0 Å². The quantitative estimate of drug-likeness (QED) is 0.765. The van der Waals surface area contributed by atoms with Crippen LogP contribution in [0.3, 0.4) is 0 Å². The third-order valence-corrected chi connectivity index (χ3v) is 4.93. The lowest BCUT2D eigenvalue weighted by atomic mass is 10.2. The van der Waals surface area contributed by atoms with Crippen LogP contribution < -0.4 is 10.6 Å². The zero-order valence-electron chi connectivity index (χ0n) is 10.9. The molecule has 0 saturated heterocycles. The van der Waals surface area contributed by atoms with Crippen LogP contribution in [0, 0.1) is 0 Å². The van der Waals surface area contributed by atoms with Gasteiger partial charge in [0.15, 0.2) is 10.6 Å². The molecule has 0 bridgehead atoms. The summed E-state index contributed by atoms with van der Waals surface area (Å²) < 4.78 is 12.8. The van der Waals surface area contributed by atoms with Crippen LogP contribution in [0.25, 0.3) is 0 Å². The predicted octanol–water partition coefficient (Wildman–Crippen LogP) is 3.59. The van der Waals surface area contributed by atoms with Gasteiger partial charge in [-0.1, -0.05) is 54.8 Å². The van der Waals surface area contributed by atoms with Crippen molar-refractivity contribution in [3.63, 3.8) is 0 Å². The van der Waals surface area contributed by atoms with Crippen LogP contribution in [0.2, 0.25) is 0 Å². The van der Waals surface area contributed by atoms with Crippen LogP contribution in [-0.4, -0.2) is 0 Å². The van der Waals surface area contributed by atoms with E-state index in [2.05, 4.69) is 26.0 Å². The number of rotatable bonds is 4. The standard InChI is InChI=1S/C16H18OP/c1-3-13-9-5-7-11-15(13)18(17)16-12-8-6-10-14(16)4-2/h5-12H,3-4H2,1-2H3/q+1. The van der Waals surface area contributed by atoms with Crippen molar-refractivity contribution >= 4 is 18.4 Å². The largest absolute Gasteiger partial charge is 0.415 e. The zero-order chi connectivity index (χ0) is 13.0. The molecule has 0 radical (unpaired) electrons. The van der Waals surface area contributed by atoms with Crippen LogP contribution in [0.5, 0.6) is 0 Å². The summed E-state index contributed by atoms with van der Waals surface area (Å²) >= 11 is 0. The van der Waals surface area contributed by atoms with Crippen LogP contribution in [0.15, 0.2) is 48.5 Å². The number of hydrogen-bond acceptors (Lipinski definition) is 1. The Kier molecular flexibility index (Phi) is 4.28. The highest BCUT2D eigenvalue weighted by Crippen LogP contribution is 2.24. The number of aryl methyl sites for hydroxylation is 2. The molecule has 2 aromatic rings. The molecule has 92 valence electrons. The average molecular weight is 257 g/mol. The van der Waals surface area contributed by atoms with Gasteiger partial charge >= 0.3 is 7.80 Å². The number of hydrogen-bond donors (Lipinski definition) is 0. The fourth-order valence-corrected chi connectivity index (χ4v) is 3.84. The maximum Gasteiger partial charge on any atom is 0.415 e. The van der Waals surface area contributed by atoms with Gasteiger partial charge in [-0.05, 0) is 25.0 Å². The monoisotopic (exact) mass is 257 g/mol. The van der Waals surface area contributed by atoms with E-state index in [0.29, 0.717) is 0 Å². The lowest BCUT2D eigenvalue weighted by molar-refractivity contribution is 0.598. The van der Waals surface area contributed by atoms with E-state index >= 15 is 0 Å². The predicted molar refractivity (Wildman–Crippen MR) is 78.5 cm³/mol. The molecule has 0 fully saturated rings. The highest BCUT2D eigenvalue weighted by Gasteiger charge is 2.28. The Labute approximate surface area is 110 Å². The summed E-state index contributed by atoms with van der Waals surface area (Å²) in [5.41, 5.74) is 2.37. The summed E-state index contributed by atoms with van der Waals surface area (Å²) in [7, 11) is -1.47. The molecule has 0 aromatic heterocycles. The summed E-state index contributed by atoms with van der Waals surface area (Å²) in [6.45, 7) is 4.21. The lowest BCUT2D eigenvalue weighted by Gasteiger charge is -2.00. The van der Waals surface area contributed by atoms with Crippen molar-refractivity contribution in [2.75, 3.05) is 0 Å². The summed E-state index contributed by atoms with van der Waals surface area (Å²) in [4.78, 5) is 0. The highest BCUT2D eigenvalue weighted by molar-refractivity contribution is 7.61. The third-order valence-electron chi connectivity index (χ3n) is 3.18. The second kappa shape index (κ2) is 5.93. The molecule has 0 heterocycles.